The van der Waals surface area contributed by atoms with Gasteiger partial charge in [-0.1, -0.05) is 88.0 Å². The molecule has 0 aromatic heterocycles. The average molecular weight is 411 g/mol. The molecule has 2 rings (SSSR count). The van der Waals surface area contributed by atoms with Gasteiger partial charge in [-0.25, -0.2) is 0 Å². The maximum atomic E-state index is 5.97. The van der Waals surface area contributed by atoms with E-state index in [9.17, 15) is 0 Å². The Balaban J connectivity index is 1.93. The largest absolute Gasteiger partial charge is 0.377 e. The quantitative estimate of drug-likeness (QED) is 0.325. The summed E-state index contributed by atoms with van der Waals surface area (Å²) in [6.45, 7) is 12.3. The first-order chi connectivity index (χ1) is 13.9. The van der Waals surface area contributed by atoms with E-state index in [2.05, 4.69) is 73.1 Å². The summed E-state index contributed by atoms with van der Waals surface area (Å²) >= 11 is 1.49. The van der Waals surface area contributed by atoms with Crippen LogP contribution in [-0.4, -0.2) is 29.4 Å². The number of hydrogen-bond acceptors (Lipinski definition) is 4. The van der Waals surface area contributed by atoms with Crippen LogP contribution in [-0.2, 0) is 12.3 Å². The highest BCUT2D eigenvalue weighted by Crippen LogP contribution is 2.13. The summed E-state index contributed by atoms with van der Waals surface area (Å²) in [5.41, 5.74) is 9.53. The molecule has 0 radical (unpaired) electrons. The van der Waals surface area contributed by atoms with Crippen molar-refractivity contribution in [1.82, 2.24) is 4.90 Å². The lowest BCUT2D eigenvalue weighted by Gasteiger charge is -2.26. The SMILES string of the molecule is CC(C)CN(Cc1cccc(C=NN=C(N)SCc2ccccc2)c1)CC(C)C. The first-order valence-electron chi connectivity index (χ1n) is 10.3. The lowest BCUT2D eigenvalue weighted by molar-refractivity contribution is 0.211. The highest BCUT2D eigenvalue weighted by atomic mass is 32.2. The van der Waals surface area contributed by atoms with Gasteiger partial charge in [0.05, 0.1) is 6.21 Å². The first kappa shape index (κ1) is 23.2. The van der Waals surface area contributed by atoms with Crippen LogP contribution in [0.5, 0.6) is 0 Å². The molecule has 2 N–H and O–H groups in total. The summed E-state index contributed by atoms with van der Waals surface area (Å²) in [6.07, 6.45) is 1.77. The normalized spacial score (nSPS) is 12.6. The van der Waals surface area contributed by atoms with E-state index in [1.54, 1.807) is 6.21 Å². The molecule has 2 aromatic rings. The molecule has 0 saturated carbocycles. The Morgan fingerprint density at radius 1 is 0.966 bits per heavy atom. The number of nitrogens with zero attached hydrogens (tertiary/aromatic N) is 3. The van der Waals surface area contributed by atoms with Crippen molar-refractivity contribution in [3.8, 4) is 0 Å². The molecule has 0 amide bonds. The molecule has 156 valence electrons. The van der Waals surface area contributed by atoms with E-state index in [4.69, 9.17) is 5.73 Å². The maximum absolute atomic E-state index is 5.97. The molecular weight excluding hydrogens is 376 g/mol. The highest BCUT2D eigenvalue weighted by Gasteiger charge is 2.10. The Morgan fingerprint density at radius 3 is 2.28 bits per heavy atom. The van der Waals surface area contributed by atoms with E-state index in [0.29, 0.717) is 17.0 Å². The Kier molecular flexibility index (Phi) is 9.95. The van der Waals surface area contributed by atoms with Crippen LogP contribution >= 0.6 is 11.8 Å². The number of rotatable bonds is 10. The molecule has 29 heavy (non-hydrogen) atoms. The molecule has 0 spiro atoms. The van der Waals surface area contributed by atoms with Crippen molar-refractivity contribution in [1.29, 1.82) is 0 Å². The van der Waals surface area contributed by atoms with Gasteiger partial charge in [-0.05, 0) is 34.6 Å². The zero-order chi connectivity index (χ0) is 21.1. The lowest BCUT2D eigenvalue weighted by atomic mass is 10.1. The fraction of sp³-hybridized carbons (Fsp3) is 0.417. The number of benzene rings is 2. The predicted octanol–water partition coefficient (Wildman–Crippen LogP) is 5.38. The van der Waals surface area contributed by atoms with Crippen molar-refractivity contribution in [3.63, 3.8) is 0 Å². The van der Waals surface area contributed by atoms with Gasteiger partial charge in [0.1, 0.15) is 0 Å². The summed E-state index contributed by atoms with van der Waals surface area (Å²) in [6, 6.07) is 18.7. The van der Waals surface area contributed by atoms with Gasteiger partial charge in [-0.3, -0.25) is 4.90 Å². The molecule has 0 heterocycles. The molecule has 5 heteroatoms. The second kappa shape index (κ2) is 12.5. The molecule has 2 aromatic carbocycles. The first-order valence-corrected chi connectivity index (χ1v) is 11.3. The Labute approximate surface area is 180 Å². The van der Waals surface area contributed by atoms with Gasteiger partial charge in [-0.2, -0.15) is 5.10 Å². The summed E-state index contributed by atoms with van der Waals surface area (Å²) in [7, 11) is 0. The van der Waals surface area contributed by atoms with Crippen molar-refractivity contribution in [2.24, 2.45) is 27.8 Å². The average Bonchev–Trinajstić information content (AvgIpc) is 2.66. The van der Waals surface area contributed by atoms with Crippen LogP contribution in [0.15, 0.2) is 64.8 Å². The number of amidine groups is 1. The van der Waals surface area contributed by atoms with E-state index >= 15 is 0 Å². The monoisotopic (exact) mass is 410 g/mol. The second-order valence-corrected chi connectivity index (χ2v) is 9.18. The minimum absolute atomic E-state index is 0.473. The Morgan fingerprint density at radius 2 is 1.62 bits per heavy atom. The van der Waals surface area contributed by atoms with Crippen molar-refractivity contribution in [2.75, 3.05) is 13.1 Å². The fourth-order valence-electron chi connectivity index (χ4n) is 3.18. The molecule has 0 aliphatic rings. The Bertz CT molecular complexity index is 774. The molecule has 0 aliphatic heterocycles. The summed E-state index contributed by atoms with van der Waals surface area (Å²) in [5, 5.41) is 8.77. The molecule has 0 aliphatic carbocycles. The van der Waals surface area contributed by atoms with Gasteiger partial charge >= 0.3 is 0 Å². The third kappa shape index (κ3) is 9.77. The standard InChI is InChI=1S/C24H34N4S/c1-19(2)15-28(16-20(3)4)17-23-12-8-11-22(13-23)14-26-27-24(25)29-18-21-9-6-5-7-10-21/h5-14,19-20H,15-18H2,1-4H3,(H2,25,27). The molecule has 0 saturated heterocycles. The second-order valence-electron chi connectivity index (χ2n) is 8.18. The smallest absolute Gasteiger partial charge is 0.180 e. The van der Waals surface area contributed by atoms with Gasteiger partial charge in [0.25, 0.3) is 0 Å². The zero-order valence-electron chi connectivity index (χ0n) is 18.1. The van der Waals surface area contributed by atoms with Crippen LogP contribution < -0.4 is 5.73 Å². The number of nitrogens with two attached hydrogens (primary N) is 1. The van der Waals surface area contributed by atoms with Crippen LogP contribution in [0.4, 0.5) is 0 Å². The molecule has 4 nitrogen and oxygen atoms in total. The van der Waals surface area contributed by atoms with Crippen LogP contribution in [0.25, 0.3) is 0 Å². The highest BCUT2D eigenvalue weighted by molar-refractivity contribution is 8.13. The molecule has 0 unspecified atom stereocenters. The summed E-state index contributed by atoms with van der Waals surface area (Å²) < 4.78 is 0. The van der Waals surface area contributed by atoms with Crippen molar-refractivity contribution in [2.45, 2.75) is 40.0 Å². The number of hydrogen-bond donors (Lipinski definition) is 1. The molecular formula is C24H34N4S. The van der Waals surface area contributed by atoms with Gasteiger partial charge in [0, 0.05) is 25.4 Å². The van der Waals surface area contributed by atoms with Crippen LogP contribution in [0.2, 0.25) is 0 Å². The van der Waals surface area contributed by atoms with Crippen molar-refractivity contribution < 1.29 is 0 Å². The maximum Gasteiger partial charge on any atom is 0.180 e. The van der Waals surface area contributed by atoms with Crippen LogP contribution in [0, 0.1) is 11.8 Å². The van der Waals surface area contributed by atoms with Crippen molar-refractivity contribution >= 4 is 23.1 Å². The predicted molar refractivity (Wildman–Crippen MR) is 128 cm³/mol. The summed E-state index contributed by atoms with van der Waals surface area (Å²) in [4.78, 5) is 2.53. The van der Waals surface area contributed by atoms with E-state index in [0.717, 1.165) is 31.0 Å². The van der Waals surface area contributed by atoms with E-state index in [1.807, 2.05) is 24.3 Å². The van der Waals surface area contributed by atoms with Gasteiger partial charge in [0.15, 0.2) is 5.17 Å². The number of thioether (sulfide) groups is 1. The van der Waals surface area contributed by atoms with Gasteiger partial charge in [0.2, 0.25) is 0 Å². The van der Waals surface area contributed by atoms with Crippen LogP contribution in [0.1, 0.15) is 44.4 Å². The zero-order valence-corrected chi connectivity index (χ0v) is 18.9. The molecule has 0 bridgehead atoms. The minimum Gasteiger partial charge on any atom is -0.377 e. The fourth-order valence-corrected chi connectivity index (χ4v) is 3.79. The third-order valence-corrected chi connectivity index (χ3v) is 5.05. The lowest BCUT2D eigenvalue weighted by Crippen LogP contribution is -2.30. The van der Waals surface area contributed by atoms with E-state index in [1.165, 1.54) is 22.9 Å². The summed E-state index contributed by atoms with van der Waals surface area (Å²) in [5.74, 6) is 2.11. The molecule has 0 fully saturated rings. The van der Waals surface area contributed by atoms with E-state index < -0.39 is 0 Å². The Hall–Kier alpha value is -2.11. The third-order valence-electron chi connectivity index (χ3n) is 4.20. The minimum atomic E-state index is 0.473. The van der Waals surface area contributed by atoms with Crippen molar-refractivity contribution in [3.05, 3.63) is 71.3 Å². The van der Waals surface area contributed by atoms with Gasteiger partial charge < -0.3 is 5.73 Å². The molecule has 0 atom stereocenters. The van der Waals surface area contributed by atoms with Gasteiger partial charge in [-0.15, -0.1) is 5.10 Å². The van der Waals surface area contributed by atoms with Crippen LogP contribution in [0.3, 0.4) is 0 Å². The topological polar surface area (TPSA) is 54.0 Å². The van der Waals surface area contributed by atoms with E-state index in [-0.39, 0.29) is 0 Å².